The van der Waals surface area contributed by atoms with E-state index in [0.717, 1.165) is 0 Å². The van der Waals surface area contributed by atoms with Crippen molar-refractivity contribution in [3.05, 3.63) is 0 Å². The van der Waals surface area contributed by atoms with E-state index in [1.54, 1.807) is 20.8 Å². The molecule has 0 aliphatic carbocycles. The van der Waals surface area contributed by atoms with Gasteiger partial charge in [-0.3, -0.25) is 0 Å². The third kappa shape index (κ3) is 5.98. The monoisotopic (exact) mass is 461 g/mol. The molecule has 0 radical (unpaired) electrons. The van der Waals surface area contributed by atoms with Crippen LogP contribution in [-0.2, 0) is 28.2 Å². The van der Waals surface area contributed by atoms with Crippen molar-refractivity contribution < 1.29 is 38.1 Å². The fourth-order valence-corrected chi connectivity index (χ4v) is 4.46. The number of aliphatic hydroxyl groups is 1. The van der Waals surface area contributed by atoms with Gasteiger partial charge in [0.05, 0.1) is 32.5 Å². The number of alkyl carbamates (subject to hydrolysis) is 1. The van der Waals surface area contributed by atoms with Crippen LogP contribution in [0.15, 0.2) is 0 Å². The number of esters is 1. The van der Waals surface area contributed by atoms with Crippen LogP contribution >= 0.6 is 0 Å². The molecule has 0 aromatic heterocycles. The zero-order chi connectivity index (χ0) is 23.8. The molecule has 2 heterocycles. The van der Waals surface area contributed by atoms with Crippen LogP contribution in [-0.4, -0.2) is 81.4 Å². The molecule has 2 saturated heterocycles. The van der Waals surface area contributed by atoms with Gasteiger partial charge in [0.1, 0.15) is 17.8 Å². The zero-order valence-electron chi connectivity index (χ0n) is 20.2. The Balaban J connectivity index is 2.23. The van der Waals surface area contributed by atoms with Crippen LogP contribution in [0.1, 0.15) is 48.0 Å². The maximum absolute atomic E-state index is 12.8. The van der Waals surface area contributed by atoms with Crippen LogP contribution in [0.5, 0.6) is 0 Å². The molecule has 5 atom stereocenters. The predicted octanol–water partition coefficient (Wildman–Crippen LogP) is 2.36. The SMILES string of the molecule is COC(=O)[C@@]1(CO[Si](C)(C)C(C)(C)C)C[C@H]2OC[C@H](O)[C@@H](NC(=O)OC(C)(C)C)[C@H]2O1. The van der Waals surface area contributed by atoms with E-state index in [0.29, 0.717) is 0 Å². The molecule has 2 rings (SSSR count). The first-order valence-electron chi connectivity index (χ1n) is 10.7. The van der Waals surface area contributed by atoms with Crippen molar-refractivity contribution in [2.24, 2.45) is 0 Å². The molecule has 10 heteroatoms. The molecule has 2 aliphatic heterocycles. The number of amides is 1. The summed E-state index contributed by atoms with van der Waals surface area (Å²) in [6, 6.07) is -0.798. The van der Waals surface area contributed by atoms with Crippen LogP contribution in [0.4, 0.5) is 4.79 Å². The molecule has 1 amide bonds. The van der Waals surface area contributed by atoms with Gasteiger partial charge in [0.2, 0.25) is 0 Å². The maximum Gasteiger partial charge on any atom is 0.408 e. The molecule has 180 valence electrons. The first-order valence-corrected chi connectivity index (χ1v) is 13.6. The third-order valence-electron chi connectivity index (χ3n) is 6.22. The van der Waals surface area contributed by atoms with Crippen LogP contribution in [0, 0.1) is 0 Å². The smallest absolute Gasteiger partial charge is 0.408 e. The Morgan fingerprint density at radius 2 is 1.81 bits per heavy atom. The Morgan fingerprint density at radius 3 is 2.32 bits per heavy atom. The summed E-state index contributed by atoms with van der Waals surface area (Å²) in [5.41, 5.74) is -2.07. The van der Waals surface area contributed by atoms with Gasteiger partial charge in [0.15, 0.2) is 13.9 Å². The lowest BCUT2D eigenvalue weighted by Crippen LogP contribution is -2.60. The van der Waals surface area contributed by atoms with Crippen LogP contribution < -0.4 is 5.32 Å². The van der Waals surface area contributed by atoms with Gasteiger partial charge < -0.3 is 33.8 Å². The lowest BCUT2D eigenvalue weighted by Gasteiger charge is -2.39. The molecule has 0 aromatic rings. The summed E-state index contributed by atoms with van der Waals surface area (Å²) in [7, 11) is -0.879. The Kier molecular flexibility index (Phi) is 7.54. The molecule has 0 saturated carbocycles. The highest BCUT2D eigenvalue weighted by Crippen LogP contribution is 2.42. The number of hydrogen-bond donors (Lipinski definition) is 2. The van der Waals surface area contributed by atoms with E-state index in [1.165, 1.54) is 7.11 Å². The minimum atomic E-state index is -2.18. The van der Waals surface area contributed by atoms with Gasteiger partial charge in [0.25, 0.3) is 0 Å². The fourth-order valence-electron chi connectivity index (χ4n) is 3.43. The van der Waals surface area contributed by atoms with Gasteiger partial charge in [-0.15, -0.1) is 0 Å². The van der Waals surface area contributed by atoms with Crippen molar-refractivity contribution in [3.63, 3.8) is 0 Å². The Bertz CT molecular complexity index is 671. The highest BCUT2D eigenvalue weighted by atomic mass is 28.4. The second-order valence-corrected chi connectivity index (χ2v) is 15.7. The summed E-state index contributed by atoms with van der Waals surface area (Å²) >= 11 is 0. The van der Waals surface area contributed by atoms with E-state index >= 15 is 0 Å². The number of carbonyl (C=O) groups excluding carboxylic acids is 2. The van der Waals surface area contributed by atoms with Crippen molar-refractivity contribution in [2.75, 3.05) is 20.3 Å². The van der Waals surface area contributed by atoms with Crippen molar-refractivity contribution in [1.82, 2.24) is 5.32 Å². The normalized spacial score (nSPS) is 31.7. The van der Waals surface area contributed by atoms with E-state index in [-0.39, 0.29) is 24.7 Å². The number of nitrogens with one attached hydrogen (secondary N) is 1. The highest BCUT2D eigenvalue weighted by Gasteiger charge is 2.59. The first-order chi connectivity index (χ1) is 14.0. The van der Waals surface area contributed by atoms with Gasteiger partial charge in [-0.1, -0.05) is 20.8 Å². The number of methoxy groups -OCH3 is 1. The molecule has 2 N–H and O–H groups in total. The Morgan fingerprint density at radius 1 is 1.19 bits per heavy atom. The average molecular weight is 462 g/mol. The molecular formula is C21H39NO8Si. The molecule has 0 spiro atoms. The maximum atomic E-state index is 12.8. The quantitative estimate of drug-likeness (QED) is 0.474. The van der Waals surface area contributed by atoms with Crippen LogP contribution in [0.2, 0.25) is 18.1 Å². The number of hydrogen-bond acceptors (Lipinski definition) is 8. The van der Waals surface area contributed by atoms with E-state index < -0.39 is 55.9 Å². The van der Waals surface area contributed by atoms with Crippen molar-refractivity contribution in [3.8, 4) is 0 Å². The topological polar surface area (TPSA) is 113 Å². The van der Waals surface area contributed by atoms with E-state index in [1.807, 2.05) is 0 Å². The number of carbonyl (C=O) groups is 2. The van der Waals surface area contributed by atoms with Crippen LogP contribution in [0.25, 0.3) is 0 Å². The minimum absolute atomic E-state index is 0.00529. The summed E-state index contributed by atoms with van der Waals surface area (Å²) in [6.45, 7) is 15.8. The molecule has 31 heavy (non-hydrogen) atoms. The lowest BCUT2D eigenvalue weighted by molar-refractivity contribution is -0.180. The summed E-state index contributed by atoms with van der Waals surface area (Å²) in [5.74, 6) is -0.560. The van der Waals surface area contributed by atoms with E-state index in [9.17, 15) is 14.7 Å². The third-order valence-corrected chi connectivity index (χ3v) is 10.7. The Hall–Kier alpha value is -1.20. The first kappa shape index (κ1) is 26.1. The Labute approximate surface area is 186 Å². The average Bonchev–Trinajstić information content (AvgIpc) is 3.00. The van der Waals surface area contributed by atoms with Gasteiger partial charge in [-0.25, -0.2) is 9.59 Å². The van der Waals surface area contributed by atoms with Crippen molar-refractivity contribution in [1.29, 1.82) is 0 Å². The second kappa shape index (κ2) is 8.97. The minimum Gasteiger partial charge on any atom is -0.467 e. The molecule has 0 aromatic carbocycles. The molecule has 2 fully saturated rings. The molecular weight excluding hydrogens is 422 g/mol. The molecule has 0 bridgehead atoms. The lowest BCUT2D eigenvalue weighted by atomic mass is 9.93. The number of ether oxygens (including phenoxy) is 4. The van der Waals surface area contributed by atoms with Crippen molar-refractivity contribution >= 4 is 20.4 Å². The predicted molar refractivity (Wildman–Crippen MR) is 116 cm³/mol. The number of rotatable bonds is 5. The van der Waals surface area contributed by atoms with Gasteiger partial charge >= 0.3 is 12.1 Å². The van der Waals surface area contributed by atoms with E-state index in [4.69, 9.17) is 23.4 Å². The second-order valence-electron chi connectivity index (χ2n) is 10.9. The van der Waals surface area contributed by atoms with Crippen molar-refractivity contribution in [2.45, 2.75) is 102 Å². The summed E-state index contributed by atoms with van der Waals surface area (Å²) in [6.07, 6.45) is -2.74. The molecule has 2 aliphatic rings. The summed E-state index contributed by atoms with van der Waals surface area (Å²) in [4.78, 5) is 25.1. The number of fused-ring (bicyclic) bond motifs is 1. The van der Waals surface area contributed by atoms with E-state index in [2.05, 4.69) is 39.2 Å². The largest absolute Gasteiger partial charge is 0.467 e. The van der Waals surface area contributed by atoms with Gasteiger partial charge in [0, 0.05) is 6.42 Å². The summed E-state index contributed by atoms with van der Waals surface area (Å²) in [5, 5.41) is 13.1. The zero-order valence-corrected chi connectivity index (χ0v) is 21.2. The molecule has 9 nitrogen and oxygen atoms in total. The van der Waals surface area contributed by atoms with Gasteiger partial charge in [-0.05, 0) is 38.9 Å². The van der Waals surface area contributed by atoms with Gasteiger partial charge in [-0.2, -0.15) is 0 Å². The fraction of sp³-hybridized carbons (Fsp3) is 0.905. The standard InChI is InChI=1S/C21H39NO8Si/c1-19(2,3)30-18(25)22-15-13(23)11-27-14-10-21(17(24)26-7,29-16(14)15)12-28-31(8,9)20(4,5)6/h13-16,23H,10-12H2,1-9H3,(H,22,25)/t13-,14+,15+,16-,21-/m0/s1. The molecule has 0 unspecified atom stereocenters. The van der Waals surface area contributed by atoms with Crippen LogP contribution in [0.3, 0.4) is 0 Å². The highest BCUT2D eigenvalue weighted by molar-refractivity contribution is 6.74. The summed E-state index contributed by atoms with van der Waals surface area (Å²) < 4.78 is 28.6. The number of aliphatic hydroxyl groups excluding tert-OH is 1.